The van der Waals surface area contributed by atoms with Crippen LogP contribution in [0.2, 0.25) is 0 Å². The second-order valence-corrected chi connectivity index (χ2v) is 6.04. The largest absolute Gasteiger partial charge is 0.494 e. The lowest BCUT2D eigenvalue weighted by molar-refractivity contribution is 0.340. The molecule has 0 unspecified atom stereocenters. The molecule has 2 N–H and O–H groups in total. The molecule has 0 fully saturated rings. The molecule has 5 nitrogen and oxygen atoms in total. The van der Waals surface area contributed by atoms with Crippen molar-refractivity contribution in [3.05, 3.63) is 45.9 Å². The Labute approximate surface area is 135 Å². The van der Waals surface area contributed by atoms with Gasteiger partial charge in [-0.2, -0.15) is 0 Å². The molecule has 0 aliphatic heterocycles. The Morgan fingerprint density at radius 3 is 2.82 bits per heavy atom. The zero-order valence-corrected chi connectivity index (χ0v) is 14.0. The summed E-state index contributed by atoms with van der Waals surface area (Å²) in [5, 5.41) is 7.61. The van der Waals surface area contributed by atoms with Crippen LogP contribution in [-0.2, 0) is 13.1 Å². The molecule has 0 saturated carbocycles. The van der Waals surface area contributed by atoms with Gasteiger partial charge >= 0.3 is 0 Å². The van der Waals surface area contributed by atoms with Gasteiger partial charge in [0, 0.05) is 24.7 Å². The van der Waals surface area contributed by atoms with Gasteiger partial charge in [0.15, 0.2) is 5.96 Å². The van der Waals surface area contributed by atoms with Crippen LogP contribution >= 0.6 is 11.3 Å². The van der Waals surface area contributed by atoms with Crippen molar-refractivity contribution in [3.8, 4) is 5.75 Å². The number of hydrogen-bond donors (Lipinski definition) is 2. The van der Waals surface area contributed by atoms with Crippen molar-refractivity contribution < 1.29 is 4.74 Å². The number of aromatic nitrogens is 1. The van der Waals surface area contributed by atoms with Crippen LogP contribution in [0.4, 0.5) is 0 Å². The van der Waals surface area contributed by atoms with Crippen molar-refractivity contribution in [1.82, 2.24) is 15.6 Å². The highest BCUT2D eigenvalue weighted by Gasteiger charge is 2.02. The van der Waals surface area contributed by atoms with Gasteiger partial charge < -0.3 is 15.4 Å². The van der Waals surface area contributed by atoms with Crippen LogP contribution < -0.4 is 15.4 Å². The van der Waals surface area contributed by atoms with E-state index in [2.05, 4.69) is 33.6 Å². The molecule has 1 aromatic heterocycles. The van der Waals surface area contributed by atoms with E-state index < -0.39 is 0 Å². The van der Waals surface area contributed by atoms with E-state index in [9.17, 15) is 0 Å². The maximum atomic E-state index is 5.51. The van der Waals surface area contributed by atoms with E-state index in [1.807, 2.05) is 31.3 Å². The molecule has 0 radical (unpaired) electrons. The topological polar surface area (TPSA) is 58.5 Å². The molecule has 0 saturated heterocycles. The summed E-state index contributed by atoms with van der Waals surface area (Å²) in [5.41, 5.74) is 1.15. The van der Waals surface area contributed by atoms with Gasteiger partial charge in [0.25, 0.3) is 0 Å². The van der Waals surface area contributed by atoms with Crippen LogP contribution in [0, 0.1) is 6.92 Å². The summed E-state index contributed by atoms with van der Waals surface area (Å²) in [7, 11) is 1.76. The molecule has 0 aliphatic carbocycles. The van der Waals surface area contributed by atoms with E-state index in [1.54, 1.807) is 18.4 Å². The number of ether oxygens (including phenoxy) is 1. The average molecular weight is 318 g/mol. The number of hydrogen-bond acceptors (Lipinski definition) is 4. The standard InChI is InChI=1S/C16H22N4OS/c1-4-21-14-7-5-6-13(8-14)10-19-16(17-3)20-11-15-18-9-12(2)22-15/h5-9H,4,10-11H2,1-3H3,(H2,17,19,20). The lowest BCUT2D eigenvalue weighted by Crippen LogP contribution is -2.36. The Hall–Kier alpha value is -2.08. The summed E-state index contributed by atoms with van der Waals surface area (Å²) < 4.78 is 5.51. The summed E-state index contributed by atoms with van der Waals surface area (Å²) in [5.74, 6) is 1.65. The van der Waals surface area contributed by atoms with E-state index >= 15 is 0 Å². The highest BCUT2D eigenvalue weighted by molar-refractivity contribution is 7.11. The molecule has 118 valence electrons. The summed E-state index contributed by atoms with van der Waals surface area (Å²) >= 11 is 1.69. The van der Waals surface area contributed by atoms with Crippen LogP contribution in [0.3, 0.4) is 0 Å². The molecule has 22 heavy (non-hydrogen) atoms. The minimum atomic E-state index is 0.674. The van der Waals surface area contributed by atoms with Crippen LogP contribution in [-0.4, -0.2) is 24.6 Å². The maximum Gasteiger partial charge on any atom is 0.191 e. The van der Waals surface area contributed by atoms with E-state index in [0.717, 1.165) is 22.3 Å². The fraction of sp³-hybridized carbons (Fsp3) is 0.375. The van der Waals surface area contributed by atoms with Crippen LogP contribution in [0.1, 0.15) is 22.4 Å². The van der Waals surface area contributed by atoms with Gasteiger partial charge in [-0.3, -0.25) is 4.99 Å². The van der Waals surface area contributed by atoms with Crippen LogP contribution in [0.25, 0.3) is 0 Å². The summed E-state index contributed by atoms with van der Waals surface area (Å²) in [6.07, 6.45) is 1.89. The predicted molar refractivity (Wildman–Crippen MR) is 91.5 cm³/mol. The fourth-order valence-electron chi connectivity index (χ4n) is 1.96. The molecule has 1 heterocycles. The number of nitrogens with one attached hydrogen (secondary N) is 2. The van der Waals surface area contributed by atoms with E-state index in [0.29, 0.717) is 19.7 Å². The average Bonchev–Trinajstić information content (AvgIpc) is 2.94. The van der Waals surface area contributed by atoms with Crippen molar-refractivity contribution in [1.29, 1.82) is 0 Å². The summed E-state index contributed by atoms with van der Waals surface area (Å²) in [4.78, 5) is 9.77. The first-order valence-electron chi connectivity index (χ1n) is 7.29. The third-order valence-corrected chi connectivity index (χ3v) is 3.88. The summed E-state index contributed by atoms with van der Waals surface area (Å²) in [6.45, 7) is 6.08. The summed E-state index contributed by atoms with van der Waals surface area (Å²) in [6, 6.07) is 8.06. The van der Waals surface area contributed by atoms with Gasteiger partial charge in [-0.1, -0.05) is 12.1 Å². The first kappa shape index (κ1) is 16.3. The number of guanidine groups is 1. The van der Waals surface area contributed by atoms with E-state index in [4.69, 9.17) is 4.74 Å². The monoisotopic (exact) mass is 318 g/mol. The minimum Gasteiger partial charge on any atom is -0.494 e. The molecule has 0 bridgehead atoms. The Bertz CT molecular complexity index is 624. The molecular weight excluding hydrogens is 296 g/mol. The molecule has 1 aromatic carbocycles. The minimum absolute atomic E-state index is 0.674. The van der Waals surface area contributed by atoms with Crippen molar-refractivity contribution in [3.63, 3.8) is 0 Å². The second-order valence-electron chi connectivity index (χ2n) is 4.72. The molecule has 0 amide bonds. The number of benzene rings is 1. The molecule has 0 atom stereocenters. The van der Waals surface area contributed by atoms with Gasteiger partial charge in [0.05, 0.1) is 13.2 Å². The Balaban J connectivity index is 1.84. The number of nitrogens with zero attached hydrogens (tertiary/aromatic N) is 2. The van der Waals surface area contributed by atoms with Gasteiger partial charge in [-0.25, -0.2) is 4.98 Å². The quantitative estimate of drug-likeness (QED) is 0.635. The third-order valence-electron chi connectivity index (χ3n) is 2.97. The highest BCUT2D eigenvalue weighted by atomic mass is 32.1. The third kappa shape index (κ3) is 5.04. The Morgan fingerprint density at radius 1 is 1.32 bits per heavy atom. The van der Waals surface area contributed by atoms with Crippen molar-refractivity contribution in [2.75, 3.05) is 13.7 Å². The Morgan fingerprint density at radius 2 is 2.14 bits per heavy atom. The number of aryl methyl sites for hydroxylation is 1. The van der Waals surface area contributed by atoms with Gasteiger partial charge in [0.1, 0.15) is 10.8 Å². The zero-order chi connectivity index (χ0) is 15.8. The first-order chi connectivity index (χ1) is 10.7. The van der Waals surface area contributed by atoms with E-state index in [-0.39, 0.29) is 0 Å². The molecule has 0 spiro atoms. The highest BCUT2D eigenvalue weighted by Crippen LogP contribution is 2.13. The van der Waals surface area contributed by atoms with Crippen LogP contribution in [0.5, 0.6) is 5.75 Å². The Kier molecular flexibility index (Phi) is 6.21. The SMILES string of the molecule is CCOc1cccc(CNC(=NC)NCc2ncc(C)s2)c1. The first-order valence-corrected chi connectivity index (χ1v) is 8.10. The fourth-order valence-corrected chi connectivity index (χ4v) is 2.69. The lowest BCUT2D eigenvalue weighted by Gasteiger charge is -2.11. The molecule has 0 aliphatic rings. The maximum absolute atomic E-state index is 5.51. The lowest BCUT2D eigenvalue weighted by atomic mass is 10.2. The number of aliphatic imine (C=N–C) groups is 1. The van der Waals surface area contributed by atoms with Gasteiger partial charge in [-0.15, -0.1) is 11.3 Å². The molecule has 6 heteroatoms. The molecule has 2 rings (SSSR count). The van der Waals surface area contributed by atoms with Crippen molar-refractivity contribution >= 4 is 17.3 Å². The van der Waals surface area contributed by atoms with Crippen molar-refractivity contribution in [2.45, 2.75) is 26.9 Å². The zero-order valence-electron chi connectivity index (χ0n) is 13.2. The van der Waals surface area contributed by atoms with Crippen molar-refractivity contribution in [2.24, 2.45) is 4.99 Å². The van der Waals surface area contributed by atoms with Crippen LogP contribution in [0.15, 0.2) is 35.5 Å². The molecule has 2 aromatic rings. The number of rotatable bonds is 6. The number of thiazole rings is 1. The molecular formula is C16H22N4OS. The van der Waals surface area contributed by atoms with E-state index in [1.165, 1.54) is 4.88 Å². The van der Waals surface area contributed by atoms with Gasteiger partial charge in [-0.05, 0) is 31.5 Å². The second kappa shape index (κ2) is 8.38. The predicted octanol–water partition coefficient (Wildman–Crippen LogP) is 2.72. The normalized spacial score (nSPS) is 11.3. The van der Waals surface area contributed by atoms with Gasteiger partial charge in [0.2, 0.25) is 0 Å². The smallest absolute Gasteiger partial charge is 0.191 e.